The number of rotatable bonds is 4. The zero-order valence-corrected chi connectivity index (χ0v) is 12.6. The lowest BCUT2D eigenvalue weighted by Gasteiger charge is -2.10. The zero-order valence-electron chi connectivity index (χ0n) is 11.8. The largest absolute Gasteiger partial charge is 0.325 e. The molecule has 0 fully saturated rings. The maximum atomic E-state index is 12.3. The topological polar surface area (TPSA) is 70.0 Å². The van der Waals surface area contributed by atoms with Crippen LogP contribution in [0.2, 0.25) is 5.02 Å². The standard InChI is InChI=1S/C17H13ClN2O2/c1-11-5-7-14(8-6-11)20-17(22)15(10-19)16(21)12-3-2-4-13(18)9-12/h2-9,15H,1H3,(H,20,22). The minimum absolute atomic E-state index is 0.234. The van der Waals surface area contributed by atoms with Crippen LogP contribution in [0.15, 0.2) is 48.5 Å². The van der Waals surface area contributed by atoms with Crippen molar-refractivity contribution in [2.45, 2.75) is 6.92 Å². The number of nitrogens with zero attached hydrogens (tertiary/aromatic N) is 1. The van der Waals surface area contributed by atoms with Crippen LogP contribution in [0.5, 0.6) is 0 Å². The highest BCUT2D eigenvalue weighted by molar-refractivity contribution is 6.31. The van der Waals surface area contributed by atoms with Gasteiger partial charge in [-0.1, -0.05) is 41.4 Å². The first-order valence-electron chi connectivity index (χ1n) is 6.58. The van der Waals surface area contributed by atoms with E-state index in [9.17, 15) is 9.59 Å². The van der Waals surface area contributed by atoms with Gasteiger partial charge >= 0.3 is 0 Å². The summed E-state index contributed by atoms with van der Waals surface area (Å²) in [6.45, 7) is 1.92. The number of benzene rings is 2. The van der Waals surface area contributed by atoms with Gasteiger partial charge in [-0.15, -0.1) is 0 Å². The van der Waals surface area contributed by atoms with E-state index in [0.717, 1.165) is 5.56 Å². The van der Waals surface area contributed by atoms with E-state index >= 15 is 0 Å². The number of nitrogens with one attached hydrogen (secondary N) is 1. The Morgan fingerprint density at radius 3 is 2.45 bits per heavy atom. The van der Waals surface area contributed by atoms with E-state index in [1.807, 2.05) is 19.1 Å². The zero-order chi connectivity index (χ0) is 16.1. The van der Waals surface area contributed by atoms with Crippen molar-refractivity contribution in [2.75, 3.05) is 5.32 Å². The molecule has 0 bridgehead atoms. The van der Waals surface area contributed by atoms with Crippen LogP contribution < -0.4 is 5.32 Å². The summed E-state index contributed by atoms with van der Waals surface area (Å²) in [5.74, 6) is -2.65. The number of aryl methyl sites for hydroxylation is 1. The van der Waals surface area contributed by atoms with Gasteiger partial charge in [0.15, 0.2) is 11.7 Å². The van der Waals surface area contributed by atoms with Gasteiger partial charge in [-0.25, -0.2) is 0 Å². The number of carbonyl (C=O) groups excluding carboxylic acids is 2. The first kappa shape index (κ1) is 15.7. The summed E-state index contributed by atoms with van der Waals surface area (Å²) in [6, 6.07) is 15.0. The maximum Gasteiger partial charge on any atom is 0.249 e. The molecule has 1 N–H and O–H groups in total. The Bertz CT molecular complexity index is 748. The third-order valence-electron chi connectivity index (χ3n) is 3.08. The molecule has 0 saturated carbocycles. The number of anilines is 1. The Morgan fingerprint density at radius 1 is 1.18 bits per heavy atom. The third-order valence-corrected chi connectivity index (χ3v) is 3.32. The van der Waals surface area contributed by atoms with Crippen molar-refractivity contribution >= 4 is 29.0 Å². The van der Waals surface area contributed by atoms with Crippen LogP contribution in [-0.2, 0) is 4.79 Å². The lowest BCUT2D eigenvalue weighted by molar-refractivity contribution is -0.117. The third kappa shape index (κ3) is 3.72. The highest BCUT2D eigenvalue weighted by atomic mass is 35.5. The molecule has 0 saturated heterocycles. The van der Waals surface area contributed by atoms with Crippen LogP contribution in [-0.4, -0.2) is 11.7 Å². The molecule has 0 heterocycles. The van der Waals surface area contributed by atoms with Crippen LogP contribution in [0.1, 0.15) is 15.9 Å². The van der Waals surface area contributed by atoms with Gasteiger partial charge in [0.2, 0.25) is 5.91 Å². The quantitative estimate of drug-likeness (QED) is 0.692. The predicted molar refractivity (Wildman–Crippen MR) is 84.7 cm³/mol. The Balaban J connectivity index is 2.17. The summed E-state index contributed by atoms with van der Waals surface area (Å²) >= 11 is 5.83. The van der Waals surface area contributed by atoms with E-state index in [0.29, 0.717) is 10.7 Å². The van der Waals surface area contributed by atoms with Crippen molar-refractivity contribution in [3.63, 3.8) is 0 Å². The van der Waals surface area contributed by atoms with Gasteiger partial charge in [-0.05, 0) is 31.2 Å². The molecule has 0 spiro atoms. The summed E-state index contributed by atoms with van der Waals surface area (Å²) in [4.78, 5) is 24.4. The SMILES string of the molecule is Cc1ccc(NC(=O)C(C#N)C(=O)c2cccc(Cl)c2)cc1. The highest BCUT2D eigenvalue weighted by Crippen LogP contribution is 2.16. The summed E-state index contributed by atoms with van der Waals surface area (Å²) in [6.07, 6.45) is 0. The number of amides is 1. The van der Waals surface area contributed by atoms with E-state index in [4.69, 9.17) is 16.9 Å². The average Bonchev–Trinajstić information content (AvgIpc) is 2.50. The van der Waals surface area contributed by atoms with Crippen molar-refractivity contribution in [1.29, 1.82) is 5.26 Å². The average molecular weight is 313 g/mol. The Morgan fingerprint density at radius 2 is 1.86 bits per heavy atom. The molecule has 0 aliphatic heterocycles. The van der Waals surface area contributed by atoms with Gasteiger partial charge in [-0.3, -0.25) is 9.59 Å². The summed E-state index contributed by atoms with van der Waals surface area (Å²) < 4.78 is 0. The molecule has 5 heteroatoms. The van der Waals surface area contributed by atoms with Crippen molar-refractivity contribution in [2.24, 2.45) is 5.92 Å². The lowest BCUT2D eigenvalue weighted by atomic mass is 9.98. The second-order valence-electron chi connectivity index (χ2n) is 4.79. The van der Waals surface area contributed by atoms with E-state index < -0.39 is 17.6 Å². The van der Waals surface area contributed by atoms with Crippen LogP contribution in [0.3, 0.4) is 0 Å². The predicted octanol–water partition coefficient (Wildman–Crippen LogP) is 3.61. The fourth-order valence-electron chi connectivity index (χ4n) is 1.90. The number of hydrogen-bond donors (Lipinski definition) is 1. The van der Waals surface area contributed by atoms with Crippen LogP contribution >= 0.6 is 11.6 Å². The van der Waals surface area contributed by atoms with Gasteiger partial charge in [0.1, 0.15) is 0 Å². The number of ketones is 1. The van der Waals surface area contributed by atoms with Crippen LogP contribution in [0, 0.1) is 24.2 Å². The molecule has 1 atom stereocenters. The Kier molecular flexibility index (Phi) is 4.92. The maximum absolute atomic E-state index is 12.3. The van der Waals surface area contributed by atoms with E-state index in [-0.39, 0.29) is 5.56 Å². The fraction of sp³-hybridized carbons (Fsp3) is 0.118. The minimum atomic E-state index is -1.42. The van der Waals surface area contributed by atoms with Gasteiger partial charge in [0.05, 0.1) is 6.07 Å². The van der Waals surface area contributed by atoms with E-state index in [2.05, 4.69) is 5.32 Å². The van der Waals surface area contributed by atoms with Crippen molar-refractivity contribution in [1.82, 2.24) is 0 Å². The van der Waals surface area contributed by atoms with Crippen LogP contribution in [0.25, 0.3) is 0 Å². The molecule has 110 valence electrons. The molecule has 2 rings (SSSR count). The first-order chi connectivity index (χ1) is 10.5. The minimum Gasteiger partial charge on any atom is -0.325 e. The fourth-order valence-corrected chi connectivity index (χ4v) is 2.09. The summed E-state index contributed by atoms with van der Waals surface area (Å²) in [5, 5.41) is 12.1. The van der Waals surface area contributed by atoms with Gasteiger partial charge < -0.3 is 5.32 Å². The number of nitriles is 1. The number of hydrogen-bond acceptors (Lipinski definition) is 3. The number of Topliss-reactive ketones (excluding diaryl/α,β-unsaturated/α-hetero) is 1. The molecule has 2 aromatic carbocycles. The molecule has 1 unspecified atom stereocenters. The molecule has 2 aromatic rings. The molecule has 0 aromatic heterocycles. The van der Waals surface area contributed by atoms with E-state index in [1.54, 1.807) is 30.3 Å². The smallest absolute Gasteiger partial charge is 0.249 e. The van der Waals surface area contributed by atoms with Gasteiger partial charge in [0, 0.05) is 16.3 Å². The number of halogens is 1. The summed E-state index contributed by atoms with van der Waals surface area (Å²) in [5.41, 5.74) is 1.82. The van der Waals surface area contributed by atoms with E-state index in [1.165, 1.54) is 12.1 Å². The normalized spacial score (nSPS) is 11.3. The second kappa shape index (κ2) is 6.88. The summed E-state index contributed by atoms with van der Waals surface area (Å²) in [7, 11) is 0. The molecule has 22 heavy (non-hydrogen) atoms. The molecular weight excluding hydrogens is 300 g/mol. The van der Waals surface area contributed by atoms with Crippen molar-refractivity contribution in [3.8, 4) is 6.07 Å². The Hall–Kier alpha value is -2.64. The van der Waals surface area contributed by atoms with Gasteiger partial charge in [-0.2, -0.15) is 5.26 Å². The first-order valence-corrected chi connectivity index (χ1v) is 6.96. The number of carbonyl (C=O) groups is 2. The highest BCUT2D eigenvalue weighted by Gasteiger charge is 2.27. The van der Waals surface area contributed by atoms with Crippen molar-refractivity contribution < 1.29 is 9.59 Å². The molecule has 0 aliphatic rings. The molecule has 1 amide bonds. The molecule has 0 aliphatic carbocycles. The Labute approximate surface area is 133 Å². The van der Waals surface area contributed by atoms with Crippen molar-refractivity contribution in [3.05, 3.63) is 64.7 Å². The van der Waals surface area contributed by atoms with Crippen LogP contribution in [0.4, 0.5) is 5.69 Å². The molecular formula is C17H13ClN2O2. The molecule has 0 radical (unpaired) electrons. The van der Waals surface area contributed by atoms with Gasteiger partial charge in [0.25, 0.3) is 0 Å². The molecule has 4 nitrogen and oxygen atoms in total. The monoisotopic (exact) mass is 312 g/mol. The lowest BCUT2D eigenvalue weighted by Crippen LogP contribution is -2.28. The second-order valence-corrected chi connectivity index (χ2v) is 5.23.